The Morgan fingerprint density at radius 2 is 1.85 bits per heavy atom. The first-order valence-electron chi connectivity index (χ1n) is 10.5. The van der Waals surface area contributed by atoms with E-state index >= 15 is 0 Å². The number of carbonyl (C=O) groups is 4. The van der Waals surface area contributed by atoms with Gasteiger partial charge in [-0.2, -0.15) is 10.2 Å². The van der Waals surface area contributed by atoms with Crippen molar-refractivity contribution in [1.29, 1.82) is 0 Å². The van der Waals surface area contributed by atoms with Gasteiger partial charge in [0.05, 0.1) is 18.0 Å². The zero-order chi connectivity index (χ0) is 24.1. The third-order valence-electron chi connectivity index (χ3n) is 5.27. The normalized spacial score (nSPS) is 14.6. The average Bonchev–Trinajstić information content (AvgIpc) is 3.39. The van der Waals surface area contributed by atoms with Crippen molar-refractivity contribution in [2.45, 2.75) is 33.4 Å². The van der Waals surface area contributed by atoms with Crippen molar-refractivity contribution < 1.29 is 29.0 Å². The molecule has 1 fully saturated rings. The summed E-state index contributed by atoms with van der Waals surface area (Å²) in [7, 11) is 0. The van der Waals surface area contributed by atoms with Crippen LogP contribution < -0.4 is 5.32 Å². The van der Waals surface area contributed by atoms with Crippen molar-refractivity contribution in [2.75, 3.05) is 38.1 Å². The number of carbonyl (C=O) groups excluding carboxylic acids is 3. The van der Waals surface area contributed by atoms with E-state index in [1.54, 1.807) is 36.8 Å². The second-order valence-electron chi connectivity index (χ2n) is 7.52. The molecule has 0 bridgehead atoms. The number of carboxylic acid groups (broad SMARTS) is 1. The van der Waals surface area contributed by atoms with Crippen LogP contribution in [0.25, 0.3) is 0 Å². The smallest absolute Gasteiger partial charge is 0.409 e. The Morgan fingerprint density at radius 1 is 1.18 bits per heavy atom. The van der Waals surface area contributed by atoms with Crippen LogP contribution in [0.4, 0.5) is 10.5 Å². The summed E-state index contributed by atoms with van der Waals surface area (Å²) in [6.07, 6.45) is 2.52. The highest BCUT2D eigenvalue weighted by Crippen LogP contribution is 2.19. The number of carboxylic acids is 1. The lowest BCUT2D eigenvalue weighted by atomic mass is 10.2. The standard InChI is InChI=1S/C20H27N7O6/c1-4-33-20(32)25-9-7-24(8-10-25)19(31)14(3)26-11-15(13(2)23-26)22-18(30)16-5-6-21-27(16)12-17(28)29/h5-6,11,14H,4,7-10,12H2,1-3H3,(H,22,30)(H,28,29). The minimum atomic E-state index is -1.12. The number of hydrogen-bond acceptors (Lipinski definition) is 7. The molecule has 3 rings (SSSR count). The lowest BCUT2D eigenvalue weighted by molar-refractivity contribution is -0.138. The van der Waals surface area contributed by atoms with Crippen molar-refractivity contribution in [3.63, 3.8) is 0 Å². The van der Waals surface area contributed by atoms with Crippen LogP contribution in [0.3, 0.4) is 0 Å². The van der Waals surface area contributed by atoms with E-state index in [1.807, 2.05) is 0 Å². The Balaban J connectivity index is 1.63. The molecule has 2 aromatic heterocycles. The van der Waals surface area contributed by atoms with Gasteiger partial charge in [0.15, 0.2) is 0 Å². The topological polar surface area (TPSA) is 152 Å². The number of aromatic nitrogens is 4. The maximum atomic E-state index is 13.0. The fraction of sp³-hybridized carbons (Fsp3) is 0.500. The number of nitrogens with zero attached hydrogens (tertiary/aromatic N) is 6. The van der Waals surface area contributed by atoms with Gasteiger partial charge in [-0.05, 0) is 26.8 Å². The van der Waals surface area contributed by atoms with Crippen LogP contribution in [0.15, 0.2) is 18.5 Å². The molecule has 1 saturated heterocycles. The fourth-order valence-corrected chi connectivity index (χ4v) is 3.47. The molecule has 1 aliphatic rings. The molecule has 13 heteroatoms. The van der Waals surface area contributed by atoms with Crippen LogP contribution in [0.5, 0.6) is 0 Å². The van der Waals surface area contributed by atoms with Gasteiger partial charge in [0.25, 0.3) is 5.91 Å². The van der Waals surface area contributed by atoms with E-state index in [9.17, 15) is 19.2 Å². The van der Waals surface area contributed by atoms with E-state index in [1.165, 1.54) is 16.9 Å². The Kier molecular flexibility index (Phi) is 7.30. The molecule has 0 radical (unpaired) electrons. The maximum Gasteiger partial charge on any atom is 0.409 e. The SMILES string of the molecule is CCOC(=O)N1CCN(C(=O)C(C)n2cc(NC(=O)c3ccnn3CC(=O)O)c(C)n2)CC1. The van der Waals surface area contributed by atoms with Crippen LogP contribution >= 0.6 is 0 Å². The third-order valence-corrected chi connectivity index (χ3v) is 5.27. The predicted molar refractivity (Wildman–Crippen MR) is 115 cm³/mol. The molecular formula is C20H27N7O6. The molecule has 33 heavy (non-hydrogen) atoms. The molecule has 0 aromatic carbocycles. The number of ether oxygens (including phenoxy) is 1. The Bertz CT molecular complexity index is 1040. The van der Waals surface area contributed by atoms with E-state index in [2.05, 4.69) is 15.5 Å². The number of piperazine rings is 1. The highest BCUT2D eigenvalue weighted by molar-refractivity contribution is 6.03. The summed E-state index contributed by atoms with van der Waals surface area (Å²) in [4.78, 5) is 51.6. The summed E-state index contributed by atoms with van der Waals surface area (Å²) in [5.41, 5.74) is 0.988. The molecule has 3 amide bonds. The van der Waals surface area contributed by atoms with Crippen molar-refractivity contribution >= 4 is 29.6 Å². The van der Waals surface area contributed by atoms with Gasteiger partial charge >= 0.3 is 12.1 Å². The predicted octanol–water partition coefficient (Wildman–Crippen LogP) is 0.587. The molecule has 2 N–H and O–H groups in total. The van der Waals surface area contributed by atoms with Crippen molar-refractivity contribution in [1.82, 2.24) is 29.4 Å². The molecule has 2 aromatic rings. The molecule has 0 aliphatic carbocycles. The van der Waals surface area contributed by atoms with E-state index in [0.717, 1.165) is 4.68 Å². The number of aryl methyl sites for hydroxylation is 1. The Labute approximate surface area is 189 Å². The summed E-state index contributed by atoms with van der Waals surface area (Å²) in [5, 5.41) is 19.8. The summed E-state index contributed by atoms with van der Waals surface area (Å²) in [6, 6.07) is 0.793. The van der Waals surface area contributed by atoms with Gasteiger partial charge in [0.2, 0.25) is 5.91 Å². The van der Waals surface area contributed by atoms with Crippen LogP contribution in [-0.4, -0.2) is 91.1 Å². The van der Waals surface area contributed by atoms with Gasteiger partial charge in [-0.15, -0.1) is 0 Å². The van der Waals surface area contributed by atoms with Gasteiger partial charge in [0, 0.05) is 38.6 Å². The lowest BCUT2D eigenvalue weighted by Gasteiger charge is -2.35. The number of anilines is 1. The molecular weight excluding hydrogens is 434 g/mol. The Hall–Kier alpha value is -3.90. The second kappa shape index (κ2) is 10.1. The average molecular weight is 461 g/mol. The fourth-order valence-electron chi connectivity index (χ4n) is 3.47. The van der Waals surface area contributed by atoms with Crippen LogP contribution in [0.1, 0.15) is 36.1 Å². The highest BCUT2D eigenvalue weighted by atomic mass is 16.6. The number of amides is 3. The van der Waals surface area contributed by atoms with E-state index in [-0.39, 0.29) is 17.7 Å². The molecule has 1 atom stereocenters. The molecule has 178 valence electrons. The third kappa shape index (κ3) is 5.48. The number of hydrogen-bond donors (Lipinski definition) is 2. The van der Waals surface area contributed by atoms with Gasteiger partial charge in [-0.3, -0.25) is 19.1 Å². The monoisotopic (exact) mass is 461 g/mol. The summed E-state index contributed by atoms with van der Waals surface area (Å²) in [6.45, 7) is 6.56. The molecule has 3 heterocycles. The maximum absolute atomic E-state index is 13.0. The van der Waals surface area contributed by atoms with E-state index in [4.69, 9.17) is 9.84 Å². The summed E-state index contributed by atoms with van der Waals surface area (Å²) >= 11 is 0. The number of aliphatic carboxylic acids is 1. The lowest BCUT2D eigenvalue weighted by Crippen LogP contribution is -2.52. The molecule has 0 spiro atoms. The van der Waals surface area contributed by atoms with E-state index in [0.29, 0.717) is 44.2 Å². The van der Waals surface area contributed by atoms with Gasteiger partial charge in [-0.1, -0.05) is 0 Å². The zero-order valence-corrected chi connectivity index (χ0v) is 18.7. The summed E-state index contributed by atoms with van der Waals surface area (Å²) in [5.74, 6) is -1.81. The van der Waals surface area contributed by atoms with Crippen molar-refractivity contribution in [2.24, 2.45) is 0 Å². The molecule has 13 nitrogen and oxygen atoms in total. The van der Waals surface area contributed by atoms with Crippen LogP contribution in [0, 0.1) is 6.92 Å². The van der Waals surface area contributed by atoms with Gasteiger partial charge in [-0.25, -0.2) is 9.48 Å². The zero-order valence-electron chi connectivity index (χ0n) is 18.7. The largest absolute Gasteiger partial charge is 0.480 e. The number of nitrogens with one attached hydrogen (secondary N) is 1. The van der Waals surface area contributed by atoms with Crippen LogP contribution in [-0.2, 0) is 20.9 Å². The quantitative estimate of drug-likeness (QED) is 0.608. The van der Waals surface area contributed by atoms with Gasteiger partial charge in [0.1, 0.15) is 18.3 Å². The minimum Gasteiger partial charge on any atom is -0.480 e. The van der Waals surface area contributed by atoms with Crippen molar-refractivity contribution in [3.05, 3.63) is 29.8 Å². The molecule has 1 unspecified atom stereocenters. The van der Waals surface area contributed by atoms with Crippen LogP contribution in [0.2, 0.25) is 0 Å². The second-order valence-corrected chi connectivity index (χ2v) is 7.52. The highest BCUT2D eigenvalue weighted by Gasteiger charge is 2.29. The van der Waals surface area contributed by atoms with E-state index < -0.39 is 24.5 Å². The first kappa shape index (κ1) is 23.8. The first-order valence-corrected chi connectivity index (χ1v) is 10.5. The Morgan fingerprint density at radius 3 is 2.48 bits per heavy atom. The summed E-state index contributed by atoms with van der Waals surface area (Å²) < 4.78 is 7.55. The van der Waals surface area contributed by atoms with Gasteiger partial charge < -0.3 is 25.0 Å². The number of rotatable bonds is 7. The first-order chi connectivity index (χ1) is 15.7. The molecule has 1 aliphatic heterocycles. The minimum absolute atomic E-state index is 0.0909. The molecule has 0 saturated carbocycles. The van der Waals surface area contributed by atoms with Crippen molar-refractivity contribution in [3.8, 4) is 0 Å².